The lowest BCUT2D eigenvalue weighted by molar-refractivity contribution is -0.130. The molecule has 2 aromatic carbocycles. The molecule has 3 aromatic rings. The third-order valence-corrected chi connectivity index (χ3v) is 5.43. The lowest BCUT2D eigenvalue weighted by Gasteiger charge is -2.28. The van der Waals surface area contributed by atoms with Crippen LogP contribution in [-0.2, 0) is 16.1 Å². The number of fused-ring (bicyclic) bond motifs is 1. The first-order valence-corrected chi connectivity index (χ1v) is 10.4. The van der Waals surface area contributed by atoms with E-state index in [1.54, 1.807) is 19.1 Å². The van der Waals surface area contributed by atoms with Crippen LogP contribution < -0.4 is 10.1 Å². The predicted molar refractivity (Wildman–Crippen MR) is 119 cm³/mol. The van der Waals surface area contributed by atoms with Gasteiger partial charge in [-0.3, -0.25) is 4.79 Å². The Hall–Kier alpha value is -3.79. The average molecular weight is 434 g/mol. The van der Waals surface area contributed by atoms with Crippen molar-refractivity contribution in [2.24, 2.45) is 5.92 Å². The molecule has 7 heteroatoms. The Morgan fingerprint density at radius 1 is 1.09 bits per heavy atom. The maximum Gasteiger partial charge on any atom is 0.375 e. The second-order valence-corrected chi connectivity index (χ2v) is 8.01. The Morgan fingerprint density at radius 3 is 2.41 bits per heavy atom. The molecule has 2 atom stereocenters. The Kier molecular flexibility index (Phi) is 6.84. The minimum atomic E-state index is -1.12. The SMILES string of the molecule is CC(OC(=O)c1oc2ccccc2c1COc1ccccc1)C(=O)NC(C)(C#N)C(C)C. The minimum absolute atomic E-state index is 0.0197. The number of nitriles is 1. The Balaban J connectivity index is 1.80. The highest BCUT2D eigenvalue weighted by atomic mass is 16.6. The van der Waals surface area contributed by atoms with E-state index in [1.807, 2.05) is 56.3 Å². The van der Waals surface area contributed by atoms with Crippen LogP contribution in [0.25, 0.3) is 11.0 Å². The number of benzene rings is 2. The summed E-state index contributed by atoms with van der Waals surface area (Å²) in [7, 11) is 0. The van der Waals surface area contributed by atoms with Crippen LogP contribution >= 0.6 is 0 Å². The number of amides is 1. The summed E-state index contributed by atoms with van der Waals surface area (Å²) < 4.78 is 17.0. The van der Waals surface area contributed by atoms with Gasteiger partial charge in [-0.2, -0.15) is 5.26 Å². The van der Waals surface area contributed by atoms with Gasteiger partial charge in [0, 0.05) is 5.39 Å². The molecule has 1 heterocycles. The molecule has 166 valence electrons. The number of nitrogens with one attached hydrogen (secondary N) is 1. The van der Waals surface area contributed by atoms with Crippen molar-refractivity contribution in [3.63, 3.8) is 0 Å². The van der Waals surface area contributed by atoms with E-state index in [2.05, 4.69) is 11.4 Å². The molecule has 3 rings (SSSR count). The summed E-state index contributed by atoms with van der Waals surface area (Å²) in [6.45, 7) is 6.82. The monoisotopic (exact) mass is 434 g/mol. The van der Waals surface area contributed by atoms with Crippen LogP contribution in [0.2, 0.25) is 0 Å². The predicted octanol–water partition coefficient (Wildman–Crippen LogP) is 4.61. The molecule has 1 aromatic heterocycles. The lowest BCUT2D eigenvalue weighted by Crippen LogP contribution is -2.52. The highest BCUT2D eigenvalue weighted by Gasteiger charge is 2.33. The zero-order valence-electron chi connectivity index (χ0n) is 18.5. The zero-order chi connectivity index (χ0) is 23.3. The number of carbonyl (C=O) groups excluding carboxylic acids is 2. The van der Waals surface area contributed by atoms with Gasteiger partial charge < -0.3 is 19.2 Å². The third kappa shape index (κ3) is 4.92. The van der Waals surface area contributed by atoms with Crippen LogP contribution in [0.15, 0.2) is 59.0 Å². The van der Waals surface area contributed by atoms with E-state index in [0.717, 1.165) is 5.39 Å². The second-order valence-electron chi connectivity index (χ2n) is 8.01. The molecule has 0 aliphatic carbocycles. The smallest absolute Gasteiger partial charge is 0.375 e. The molecule has 0 radical (unpaired) electrons. The van der Waals surface area contributed by atoms with Gasteiger partial charge in [0.1, 0.15) is 23.5 Å². The summed E-state index contributed by atoms with van der Waals surface area (Å²) in [6, 6.07) is 18.5. The van der Waals surface area contributed by atoms with Gasteiger partial charge in [-0.25, -0.2) is 4.79 Å². The fourth-order valence-electron chi connectivity index (χ4n) is 3.01. The largest absolute Gasteiger partial charge is 0.489 e. The van der Waals surface area contributed by atoms with E-state index >= 15 is 0 Å². The molecule has 2 unspecified atom stereocenters. The van der Waals surface area contributed by atoms with E-state index in [9.17, 15) is 14.9 Å². The summed E-state index contributed by atoms with van der Waals surface area (Å²) >= 11 is 0. The van der Waals surface area contributed by atoms with Gasteiger partial charge in [0.25, 0.3) is 5.91 Å². The van der Waals surface area contributed by atoms with Crippen molar-refractivity contribution < 1.29 is 23.5 Å². The Labute approximate surface area is 186 Å². The van der Waals surface area contributed by atoms with E-state index < -0.39 is 23.5 Å². The summed E-state index contributed by atoms with van der Waals surface area (Å²) in [4.78, 5) is 25.5. The Bertz CT molecular complexity index is 1150. The van der Waals surface area contributed by atoms with Crippen molar-refractivity contribution in [2.45, 2.75) is 45.9 Å². The van der Waals surface area contributed by atoms with Crippen LogP contribution in [0, 0.1) is 17.2 Å². The highest BCUT2D eigenvalue weighted by molar-refractivity contribution is 5.97. The van der Waals surface area contributed by atoms with Crippen molar-refractivity contribution in [3.8, 4) is 11.8 Å². The van der Waals surface area contributed by atoms with Gasteiger partial charge in [0.15, 0.2) is 6.10 Å². The molecule has 0 bridgehead atoms. The van der Waals surface area contributed by atoms with Crippen molar-refractivity contribution in [2.75, 3.05) is 0 Å². The molecule has 0 saturated carbocycles. The first-order chi connectivity index (χ1) is 15.2. The van der Waals surface area contributed by atoms with E-state index in [0.29, 0.717) is 16.9 Å². The first kappa shape index (κ1) is 22.9. The maximum atomic E-state index is 12.9. The summed E-state index contributed by atoms with van der Waals surface area (Å²) in [5.41, 5.74) is -0.0302. The van der Waals surface area contributed by atoms with Gasteiger partial charge in [0.05, 0.1) is 11.6 Å². The van der Waals surface area contributed by atoms with E-state index in [4.69, 9.17) is 13.9 Å². The average Bonchev–Trinajstić information content (AvgIpc) is 3.16. The highest BCUT2D eigenvalue weighted by Crippen LogP contribution is 2.28. The minimum Gasteiger partial charge on any atom is -0.489 e. The molecule has 0 fully saturated rings. The number of para-hydroxylation sites is 2. The van der Waals surface area contributed by atoms with Crippen molar-refractivity contribution >= 4 is 22.8 Å². The van der Waals surface area contributed by atoms with Gasteiger partial charge in [-0.15, -0.1) is 0 Å². The number of rotatable bonds is 8. The lowest BCUT2D eigenvalue weighted by atomic mass is 9.90. The fraction of sp³-hybridized carbons (Fsp3) is 0.320. The van der Waals surface area contributed by atoms with Crippen LogP contribution in [-0.4, -0.2) is 23.5 Å². The normalized spacial score (nSPS) is 13.8. The number of furan rings is 1. The van der Waals surface area contributed by atoms with Crippen molar-refractivity contribution in [1.82, 2.24) is 5.32 Å². The molecule has 32 heavy (non-hydrogen) atoms. The quantitative estimate of drug-likeness (QED) is 0.520. The molecular formula is C25H26N2O5. The number of nitrogens with zero attached hydrogens (tertiary/aromatic N) is 1. The molecule has 0 aliphatic rings. The van der Waals surface area contributed by atoms with E-state index in [1.165, 1.54) is 6.92 Å². The number of ether oxygens (including phenoxy) is 2. The molecular weight excluding hydrogens is 408 g/mol. The number of hydrogen-bond donors (Lipinski definition) is 1. The number of esters is 1. The Morgan fingerprint density at radius 2 is 1.75 bits per heavy atom. The maximum absolute atomic E-state index is 12.9. The van der Waals surface area contributed by atoms with Crippen LogP contribution in [0.5, 0.6) is 5.75 Å². The topological polar surface area (TPSA) is 102 Å². The third-order valence-electron chi connectivity index (χ3n) is 5.43. The molecule has 1 amide bonds. The van der Waals surface area contributed by atoms with Gasteiger partial charge in [-0.05, 0) is 38.0 Å². The van der Waals surface area contributed by atoms with Crippen LogP contribution in [0.4, 0.5) is 0 Å². The van der Waals surface area contributed by atoms with Crippen LogP contribution in [0.1, 0.15) is 43.8 Å². The fourth-order valence-corrected chi connectivity index (χ4v) is 3.01. The standard InChI is InChI=1S/C25H26N2O5/c1-16(2)25(4,15-26)27-23(28)17(3)31-24(29)22-20(14-30-18-10-6-5-7-11-18)19-12-8-9-13-21(19)32-22/h5-13,16-17H,14H2,1-4H3,(H,27,28). The van der Waals surface area contributed by atoms with Gasteiger partial charge >= 0.3 is 5.97 Å². The van der Waals surface area contributed by atoms with Crippen molar-refractivity contribution in [3.05, 3.63) is 65.9 Å². The van der Waals surface area contributed by atoms with Gasteiger partial charge in [0.2, 0.25) is 5.76 Å². The molecule has 0 saturated heterocycles. The molecule has 0 spiro atoms. The number of carbonyl (C=O) groups is 2. The second kappa shape index (κ2) is 9.56. The molecule has 1 N–H and O–H groups in total. The molecule has 0 aliphatic heterocycles. The van der Waals surface area contributed by atoms with E-state index in [-0.39, 0.29) is 18.3 Å². The van der Waals surface area contributed by atoms with Gasteiger partial charge in [-0.1, -0.05) is 50.2 Å². The summed E-state index contributed by atoms with van der Waals surface area (Å²) in [6.07, 6.45) is -1.12. The van der Waals surface area contributed by atoms with Crippen molar-refractivity contribution in [1.29, 1.82) is 5.26 Å². The number of hydrogen-bond acceptors (Lipinski definition) is 6. The van der Waals surface area contributed by atoms with Crippen LogP contribution in [0.3, 0.4) is 0 Å². The summed E-state index contributed by atoms with van der Waals surface area (Å²) in [5.74, 6) is -0.840. The molecule has 7 nitrogen and oxygen atoms in total. The first-order valence-electron chi connectivity index (χ1n) is 10.4. The zero-order valence-corrected chi connectivity index (χ0v) is 18.5. The summed E-state index contributed by atoms with van der Waals surface area (Å²) in [5, 5.41) is 12.8.